The number of aromatic nitrogens is 1. The summed E-state index contributed by atoms with van der Waals surface area (Å²) in [7, 11) is 4.38. The second-order valence-corrected chi connectivity index (χ2v) is 6.20. The summed E-state index contributed by atoms with van der Waals surface area (Å²) in [6.07, 6.45) is 4.38. The zero-order valence-electron chi connectivity index (χ0n) is 13.3. The van der Waals surface area contributed by atoms with E-state index in [1.165, 1.54) is 31.5 Å². The molecule has 4 heteroatoms. The summed E-state index contributed by atoms with van der Waals surface area (Å²) in [5.41, 5.74) is 1.31. The van der Waals surface area contributed by atoms with Gasteiger partial charge in [-0.2, -0.15) is 0 Å². The Morgan fingerprint density at radius 3 is 2.75 bits per heavy atom. The minimum absolute atomic E-state index is 0.512. The van der Waals surface area contributed by atoms with E-state index in [1.54, 1.807) is 0 Å². The lowest BCUT2D eigenvalue weighted by Crippen LogP contribution is -2.42. The van der Waals surface area contributed by atoms with Gasteiger partial charge in [-0.25, -0.2) is 4.98 Å². The molecule has 2 heterocycles. The van der Waals surface area contributed by atoms with Crippen molar-refractivity contribution in [3.05, 3.63) is 23.9 Å². The van der Waals surface area contributed by atoms with Crippen LogP contribution in [0, 0.1) is 0 Å². The van der Waals surface area contributed by atoms with Crippen molar-refractivity contribution < 1.29 is 0 Å². The molecule has 1 aliphatic rings. The highest BCUT2D eigenvalue weighted by Gasteiger charge is 2.21. The number of likely N-dealkylation sites (tertiary alicyclic amines) is 1. The summed E-state index contributed by atoms with van der Waals surface area (Å²) >= 11 is 0. The standard InChI is InChI=1S/C16H28N4/c1-13(2)18-12-14-5-8-17-16(11-14)20(4)15-6-9-19(3)10-7-15/h5,8,11,13,15,18H,6-7,9-10,12H2,1-4H3. The van der Waals surface area contributed by atoms with Gasteiger partial charge in [-0.3, -0.25) is 0 Å². The Bertz CT molecular complexity index is 411. The van der Waals surface area contributed by atoms with Crippen LogP contribution in [0.5, 0.6) is 0 Å². The Hall–Kier alpha value is -1.13. The smallest absolute Gasteiger partial charge is 0.128 e. The van der Waals surface area contributed by atoms with Crippen LogP contribution in [0.3, 0.4) is 0 Å². The molecule has 1 fully saturated rings. The molecule has 0 saturated carbocycles. The van der Waals surface area contributed by atoms with Crippen molar-refractivity contribution >= 4 is 5.82 Å². The van der Waals surface area contributed by atoms with E-state index in [0.717, 1.165) is 12.4 Å². The van der Waals surface area contributed by atoms with Crippen molar-refractivity contribution in [2.75, 3.05) is 32.1 Å². The van der Waals surface area contributed by atoms with E-state index in [9.17, 15) is 0 Å². The van der Waals surface area contributed by atoms with Gasteiger partial charge in [0.05, 0.1) is 0 Å². The topological polar surface area (TPSA) is 31.4 Å². The molecular weight excluding hydrogens is 248 g/mol. The van der Waals surface area contributed by atoms with Gasteiger partial charge in [0, 0.05) is 31.9 Å². The highest BCUT2D eigenvalue weighted by Crippen LogP contribution is 2.20. The predicted molar refractivity (Wildman–Crippen MR) is 85.1 cm³/mol. The summed E-state index contributed by atoms with van der Waals surface area (Å²) in [5.74, 6) is 1.10. The number of piperidine rings is 1. The Kier molecular flexibility index (Phi) is 5.38. The van der Waals surface area contributed by atoms with Gasteiger partial charge in [0.15, 0.2) is 0 Å². The van der Waals surface area contributed by atoms with Gasteiger partial charge < -0.3 is 15.1 Å². The van der Waals surface area contributed by atoms with Gasteiger partial charge in [-0.05, 0) is 50.7 Å². The fourth-order valence-corrected chi connectivity index (χ4v) is 2.65. The zero-order valence-corrected chi connectivity index (χ0v) is 13.3. The molecule has 1 aromatic heterocycles. The van der Waals surface area contributed by atoms with Gasteiger partial charge >= 0.3 is 0 Å². The molecule has 1 aromatic rings. The van der Waals surface area contributed by atoms with Crippen molar-refractivity contribution in [1.82, 2.24) is 15.2 Å². The second-order valence-electron chi connectivity index (χ2n) is 6.20. The van der Waals surface area contributed by atoms with E-state index in [-0.39, 0.29) is 0 Å². The normalized spacial score (nSPS) is 17.6. The van der Waals surface area contributed by atoms with Crippen LogP contribution < -0.4 is 10.2 Å². The third-order valence-corrected chi connectivity index (χ3v) is 4.12. The minimum Gasteiger partial charge on any atom is -0.357 e. The van der Waals surface area contributed by atoms with Gasteiger partial charge in [-0.15, -0.1) is 0 Å². The number of hydrogen-bond donors (Lipinski definition) is 1. The summed E-state index contributed by atoms with van der Waals surface area (Å²) in [6.45, 7) is 7.63. The maximum absolute atomic E-state index is 4.55. The molecule has 1 aliphatic heterocycles. The third-order valence-electron chi connectivity index (χ3n) is 4.12. The molecule has 0 aromatic carbocycles. The van der Waals surface area contributed by atoms with Crippen LogP contribution in [0.2, 0.25) is 0 Å². The molecule has 0 amide bonds. The monoisotopic (exact) mass is 276 g/mol. The number of rotatable bonds is 5. The first-order valence-corrected chi connectivity index (χ1v) is 7.66. The number of nitrogens with zero attached hydrogens (tertiary/aromatic N) is 3. The van der Waals surface area contributed by atoms with Crippen molar-refractivity contribution in [2.45, 2.75) is 45.3 Å². The summed E-state index contributed by atoms with van der Waals surface area (Å²) in [6, 6.07) is 5.44. The van der Waals surface area contributed by atoms with Crippen molar-refractivity contribution in [1.29, 1.82) is 0 Å². The molecule has 112 valence electrons. The Morgan fingerprint density at radius 2 is 2.10 bits per heavy atom. The van der Waals surface area contributed by atoms with E-state index >= 15 is 0 Å². The fraction of sp³-hybridized carbons (Fsp3) is 0.688. The molecule has 1 N–H and O–H groups in total. The maximum atomic E-state index is 4.55. The molecular formula is C16H28N4. The first kappa shape index (κ1) is 15.3. The molecule has 4 nitrogen and oxygen atoms in total. The Morgan fingerprint density at radius 1 is 1.40 bits per heavy atom. The number of hydrogen-bond acceptors (Lipinski definition) is 4. The largest absolute Gasteiger partial charge is 0.357 e. The molecule has 0 radical (unpaired) electrons. The number of pyridine rings is 1. The van der Waals surface area contributed by atoms with Crippen LogP contribution in [-0.2, 0) is 6.54 Å². The van der Waals surface area contributed by atoms with Crippen molar-refractivity contribution in [2.24, 2.45) is 0 Å². The van der Waals surface area contributed by atoms with Crippen LogP contribution in [0.4, 0.5) is 5.82 Å². The molecule has 1 saturated heterocycles. The lowest BCUT2D eigenvalue weighted by Gasteiger charge is -2.35. The first-order chi connectivity index (χ1) is 9.56. The summed E-state index contributed by atoms with van der Waals surface area (Å²) in [5, 5.41) is 3.46. The van der Waals surface area contributed by atoms with E-state index in [0.29, 0.717) is 12.1 Å². The predicted octanol–water partition coefficient (Wildman–Crippen LogP) is 2.11. The highest BCUT2D eigenvalue weighted by molar-refractivity contribution is 5.41. The van der Waals surface area contributed by atoms with Gasteiger partial charge in [0.1, 0.15) is 5.82 Å². The maximum Gasteiger partial charge on any atom is 0.128 e. The Balaban J connectivity index is 1.98. The van der Waals surface area contributed by atoms with Crippen LogP contribution in [0.25, 0.3) is 0 Å². The van der Waals surface area contributed by atoms with E-state index in [4.69, 9.17) is 0 Å². The second kappa shape index (κ2) is 7.04. The number of nitrogens with one attached hydrogen (secondary N) is 1. The van der Waals surface area contributed by atoms with E-state index in [1.807, 2.05) is 6.20 Å². The molecule has 0 spiro atoms. The average Bonchev–Trinajstić information content (AvgIpc) is 2.45. The SMILES string of the molecule is CC(C)NCc1ccnc(N(C)C2CCN(C)CC2)c1. The molecule has 0 bridgehead atoms. The van der Waals surface area contributed by atoms with Crippen LogP contribution >= 0.6 is 0 Å². The van der Waals surface area contributed by atoms with Gasteiger partial charge in [-0.1, -0.05) is 13.8 Å². The zero-order chi connectivity index (χ0) is 14.5. The van der Waals surface area contributed by atoms with E-state index < -0.39 is 0 Å². The Labute approximate surface area is 123 Å². The lowest BCUT2D eigenvalue weighted by molar-refractivity contribution is 0.252. The lowest BCUT2D eigenvalue weighted by atomic mass is 10.0. The first-order valence-electron chi connectivity index (χ1n) is 7.66. The van der Waals surface area contributed by atoms with Crippen LogP contribution in [0.1, 0.15) is 32.3 Å². The highest BCUT2D eigenvalue weighted by atomic mass is 15.2. The summed E-state index contributed by atoms with van der Waals surface area (Å²) < 4.78 is 0. The fourth-order valence-electron chi connectivity index (χ4n) is 2.65. The summed E-state index contributed by atoms with van der Waals surface area (Å²) in [4.78, 5) is 9.30. The minimum atomic E-state index is 0.512. The molecule has 20 heavy (non-hydrogen) atoms. The molecule has 0 atom stereocenters. The molecule has 0 unspecified atom stereocenters. The molecule has 0 aliphatic carbocycles. The average molecular weight is 276 g/mol. The van der Waals surface area contributed by atoms with Gasteiger partial charge in [0.25, 0.3) is 0 Å². The van der Waals surface area contributed by atoms with Crippen molar-refractivity contribution in [3.63, 3.8) is 0 Å². The van der Waals surface area contributed by atoms with Gasteiger partial charge in [0.2, 0.25) is 0 Å². The number of anilines is 1. The van der Waals surface area contributed by atoms with Crippen molar-refractivity contribution in [3.8, 4) is 0 Å². The van der Waals surface area contributed by atoms with Crippen LogP contribution in [-0.4, -0.2) is 49.2 Å². The molecule has 2 rings (SSSR count). The third kappa shape index (κ3) is 4.18. The quantitative estimate of drug-likeness (QED) is 0.892. The van der Waals surface area contributed by atoms with Crippen LogP contribution in [0.15, 0.2) is 18.3 Å². The van der Waals surface area contributed by atoms with E-state index in [2.05, 4.69) is 60.2 Å².